The summed E-state index contributed by atoms with van der Waals surface area (Å²) in [7, 11) is 0. The number of hydrogen-bond donors (Lipinski definition) is 0. The molecule has 0 heteroatoms. The van der Waals surface area contributed by atoms with E-state index in [1.165, 1.54) is 93.6 Å². The van der Waals surface area contributed by atoms with Crippen LogP contribution in [0, 0.1) is 5.92 Å². The lowest BCUT2D eigenvalue weighted by atomic mass is 9.82. The number of allylic oxidation sites excluding steroid dienone is 9. The van der Waals surface area contributed by atoms with Crippen LogP contribution >= 0.6 is 0 Å². The van der Waals surface area contributed by atoms with E-state index in [0.29, 0.717) is 0 Å². The van der Waals surface area contributed by atoms with Gasteiger partial charge in [-0.2, -0.15) is 0 Å². The van der Waals surface area contributed by atoms with E-state index in [4.69, 9.17) is 6.58 Å². The van der Waals surface area contributed by atoms with Crippen molar-refractivity contribution < 1.29 is 0 Å². The summed E-state index contributed by atoms with van der Waals surface area (Å²) in [6.07, 6.45) is 13.3. The van der Waals surface area contributed by atoms with Gasteiger partial charge in [-0.1, -0.05) is 279 Å². The topological polar surface area (TPSA) is 0 Å². The fourth-order valence-corrected chi connectivity index (χ4v) is 9.95. The lowest BCUT2D eigenvalue weighted by molar-refractivity contribution is 0.794. The van der Waals surface area contributed by atoms with E-state index in [1.807, 2.05) is 13.8 Å². The Bertz CT molecular complexity index is 3410. The van der Waals surface area contributed by atoms with Gasteiger partial charge in [-0.05, 0) is 154 Å². The molecule has 0 aliphatic rings. The first-order valence-corrected chi connectivity index (χ1v) is 25.3. The Hall–Kier alpha value is -8.06. The van der Waals surface area contributed by atoms with E-state index >= 15 is 0 Å². The van der Waals surface area contributed by atoms with Crippen LogP contribution in [0.25, 0.3) is 71.6 Å². The zero-order valence-electron chi connectivity index (χ0n) is 42.5. The molecule has 0 fully saturated rings. The standard InChI is InChI=1S/C69H60.C2H6.CH4/c1-7-8-13-28-49(4)67(61-38-23-22-37-60(61)51(6)66(48(2)3)47-56(53-31-16-10-17-32-53)43-50(5)52-29-14-9-15-30-52)69-64-41-26-24-39-62(64)68(63-40-25-27-42-65(63)69)59-45-57(54-33-18-11-19-34-54)44-58(46-59)55-35-20-12-21-36-55;1-2;/h7-48,50H,4H2,1-3,5-6H3;1-2H3;1H4/b8-7-,28-13-,56-43+,60-51+,66-47+,67-61+;;. The fourth-order valence-electron chi connectivity index (χ4n) is 9.95. The third kappa shape index (κ3) is 11.4. The summed E-state index contributed by atoms with van der Waals surface area (Å²) in [4.78, 5) is 0. The van der Waals surface area contributed by atoms with Crippen molar-refractivity contribution in [3.8, 4) is 33.4 Å². The van der Waals surface area contributed by atoms with Crippen LogP contribution in [0.3, 0.4) is 0 Å². The molecule has 0 aliphatic carbocycles. The Balaban J connectivity index is 0.00000250. The Labute approximate surface area is 430 Å². The van der Waals surface area contributed by atoms with Gasteiger partial charge in [-0.25, -0.2) is 0 Å². The molecule has 9 rings (SSSR count). The van der Waals surface area contributed by atoms with Gasteiger partial charge in [-0.15, -0.1) is 0 Å². The van der Waals surface area contributed by atoms with E-state index in [1.54, 1.807) is 0 Å². The van der Waals surface area contributed by atoms with Crippen LogP contribution in [0.1, 0.15) is 78.5 Å². The predicted octanol–water partition coefficient (Wildman–Crippen LogP) is 19.2. The quantitative estimate of drug-likeness (QED) is 0.0798. The Morgan fingerprint density at radius 3 is 1.44 bits per heavy atom. The maximum Gasteiger partial charge on any atom is -0.000123 e. The normalized spacial score (nSPS) is 13.2. The monoisotopic (exact) mass is 935 g/mol. The first-order chi connectivity index (χ1) is 34.8. The highest BCUT2D eigenvalue weighted by molar-refractivity contribution is 6.20. The Morgan fingerprint density at radius 1 is 0.486 bits per heavy atom. The molecule has 72 heavy (non-hydrogen) atoms. The second-order valence-corrected chi connectivity index (χ2v) is 18.3. The molecule has 9 aromatic rings. The maximum absolute atomic E-state index is 4.90. The van der Waals surface area contributed by atoms with Gasteiger partial charge in [-0.3, -0.25) is 0 Å². The molecule has 0 radical (unpaired) electrons. The van der Waals surface area contributed by atoms with Crippen molar-refractivity contribution in [3.63, 3.8) is 0 Å². The van der Waals surface area contributed by atoms with E-state index in [2.05, 4.69) is 283 Å². The van der Waals surface area contributed by atoms with Crippen molar-refractivity contribution in [3.05, 3.63) is 294 Å². The van der Waals surface area contributed by atoms with Gasteiger partial charge in [0.25, 0.3) is 0 Å². The molecule has 0 bridgehead atoms. The van der Waals surface area contributed by atoms with Crippen LogP contribution in [-0.2, 0) is 0 Å². The molecule has 358 valence electrons. The minimum Gasteiger partial charge on any atom is -0.0911 e. The molecule has 0 saturated carbocycles. The van der Waals surface area contributed by atoms with Crippen molar-refractivity contribution in [2.75, 3.05) is 0 Å². The fraction of sp³-hybridized carbons (Fsp3) is 0.139. The summed E-state index contributed by atoms with van der Waals surface area (Å²) in [5.41, 5.74) is 16.7. The molecule has 0 nitrogen and oxygen atoms in total. The summed E-state index contributed by atoms with van der Waals surface area (Å²) in [6, 6.07) is 77.2. The molecule has 0 aromatic heterocycles. The zero-order valence-corrected chi connectivity index (χ0v) is 42.5. The second-order valence-electron chi connectivity index (χ2n) is 18.3. The highest BCUT2D eigenvalue weighted by Crippen LogP contribution is 2.44. The molecule has 0 aliphatic heterocycles. The number of hydrogen-bond acceptors (Lipinski definition) is 0. The highest BCUT2D eigenvalue weighted by atomic mass is 14.2. The highest BCUT2D eigenvalue weighted by Gasteiger charge is 2.21. The molecular weight excluding hydrogens is 865 g/mol. The molecule has 1 atom stereocenters. The van der Waals surface area contributed by atoms with Crippen LogP contribution in [0.15, 0.2) is 267 Å². The average Bonchev–Trinajstić information content (AvgIpc) is 3.43. The number of fused-ring (bicyclic) bond motifs is 2. The summed E-state index contributed by atoms with van der Waals surface area (Å²) in [6.45, 7) is 20.2. The molecule has 0 amide bonds. The van der Waals surface area contributed by atoms with Crippen molar-refractivity contribution in [1.82, 2.24) is 0 Å². The van der Waals surface area contributed by atoms with Crippen LogP contribution in [-0.4, -0.2) is 0 Å². The molecule has 0 heterocycles. The maximum atomic E-state index is 4.90. The van der Waals surface area contributed by atoms with Crippen LogP contribution in [0.5, 0.6) is 0 Å². The van der Waals surface area contributed by atoms with Gasteiger partial charge < -0.3 is 0 Å². The Kier molecular flexibility index (Phi) is 17.7. The molecule has 9 aromatic carbocycles. The minimum atomic E-state index is 0. The summed E-state index contributed by atoms with van der Waals surface area (Å²) in [5.74, 6) is 0.466. The minimum absolute atomic E-state index is 0. The van der Waals surface area contributed by atoms with Gasteiger partial charge in [0.1, 0.15) is 0 Å². The first kappa shape index (κ1) is 51.8. The van der Waals surface area contributed by atoms with E-state index in [-0.39, 0.29) is 19.3 Å². The van der Waals surface area contributed by atoms with Crippen LogP contribution in [0.2, 0.25) is 0 Å². The molecule has 0 N–H and O–H groups in total. The van der Waals surface area contributed by atoms with Gasteiger partial charge in [0.15, 0.2) is 0 Å². The van der Waals surface area contributed by atoms with Gasteiger partial charge in [0.2, 0.25) is 0 Å². The molecule has 0 saturated heterocycles. The van der Waals surface area contributed by atoms with Crippen molar-refractivity contribution >= 4 is 38.3 Å². The Morgan fingerprint density at radius 2 is 0.931 bits per heavy atom. The third-order valence-electron chi connectivity index (χ3n) is 13.4. The van der Waals surface area contributed by atoms with Gasteiger partial charge >= 0.3 is 0 Å². The van der Waals surface area contributed by atoms with Gasteiger partial charge in [0, 0.05) is 0 Å². The lowest BCUT2D eigenvalue weighted by Gasteiger charge is -2.21. The van der Waals surface area contributed by atoms with E-state index < -0.39 is 0 Å². The first-order valence-electron chi connectivity index (χ1n) is 25.3. The lowest BCUT2D eigenvalue weighted by Crippen LogP contribution is -2.30. The SMILES string of the molecule is C.C=C(/C=C\C=C/C)/C(c1c2ccccc2c(-c2cc(-c3ccccc3)cc(-c3ccccc3)c2)c2ccccc12)=c1/cccc/c1=C(C)\C(=C\C(=C/C(C)c1ccccc1)c1ccccc1)C(C)C.CC. The summed E-state index contributed by atoms with van der Waals surface area (Å²) >= 11 is 0. The number of benzene rings is 9. The molecular formula is C72H70. The second kappa shape index (κ2) is 24.7. The largest absolute Gasteiger partial charge is 0.0911 e. The average molecular weight is 935 g/mol. The third-order valence-corrected chi connectivity index (χ3v) is 13.4. The van der Waals surface area contributed by atoms with Gasteiger partial charge in [0.05, 0.1) is 0 Å². The number of rotatable bonds is 13. The van der Waals surface area contributed by atoms with E-state index in [9.17, 15) is 0 Å². The van der Waals surface area contributed by atoms with Crippen LogP contribution < -0.4 is 10.4 Å². The van der Waals surface area contributed by atoms with Crippen LogP contribution in [0.4, 0.5) is 0 Å². The molecule has 1 unspecified atom stereocenters. The zero-order chi connectivity index (χ0) is 49.7. The molecule has 0 spiro atoms. The summed E-state index contributed by atoms with van der Waals surface area (Å²) < 4.78 is 0. The summed E-state index contributed by atoms with van der Waals surface area (Å²) in [5, 5.41) is 7.11. The van der Waals surface area contributed by atoms with Crippen molar-refractivity contribution in [2.24, 2.45) is 5.92 Å². The smallest absolute Gasteiger partial charge is 0.000123 e. The van der Waals surface area contributed by atoms with E-state index in [0.717, 1.165) is 16.4 Å². The predicted molar refractivity (Wildman–Crippen MR) is 318 cm³/mol. The van der Waals surface area contributed by atoms with Crippen molar-refractivity contribution in [1.29, 1.82) is 0 Å². The van der Waals surface area contributed by atoms with Crippen molar-refractivity contribution in [2.45, 2.75) is 61.8 Å².